The van der Waals surface area contributed by atoms with Crippen LogP contribution >= 0.6 is 0 Å². The molecule has 0 bridgehead atoms. The minimum Gasteiger partial charge on any atom is -0.354 e. The average molecular weight is 395 g/mol. The Balaban J connectivity index is 1.71. The first kappa shape index (κ1) is 19.3. The molecule has 2 aromatic carbocycles. The molecule has 1 fully saturated rings. The van der Waals surface area contributed by atoms with E-state index in [1.165, 1.54) is 18.2 Å². The van der Waals surface area contributed by atoms with Crippen LogP contribution in [0.1, 0.15) is 6.92 Å². The van der Waals surface area contributed by atoms with Crippen molar-refractivity contribution in [1.82, 2.24) is 14.9 Å². The zero-order chi connectivity index (χ0) is 20.2. The van der Waals surface area contributed by atoms with Crippen LogP contribution < -0.4 is 10.2 Å². The molecule has 0 atom stereocenters. The van der Waals surface area contributed by atoms with E-state index in [1.807, 2.05) is 36.4 Å². The van der Waals surface area contributed by atoms with Crippen molar-refractivity contribution in [3.05, 3.63) is 66.2 Å². The summed E-state index contributed by atoms with van der Waals surface area (Å²) in [4.78, 5) is 13.6. The maximum Gasteiger partial charge on any atom is 0.229 e. The number of hydrogen-bond acceptors (Lipinski definition) is 5. The fourth-order valence-corrected chi connectivity index (χ4v) is 3.43. The lowest BCUT2D eigenvalue weighted by atomic mass is 10.1. The normalized spacial score (nSPS) is 14.8. The number of piperazine rings is 1. The first-order valence-electron chi connectivity index (χ1n) is 9.77. The molecule has 0 saturated carbocycles. The topological polar surface area (TPSA) is 44.3 Å². The molecule has 29 heavy (non-hydrogen) atoms. The summed E-state index contributed by atoms with van der Waals surface area (Å²) in [5.41, 5.74) is 1.37. The van der Waals surface area contributed by atoms with Crippen molar-refractivity contribution in [3.63, 3.8) is 0 Å². The molecule has 5 nitrogen and oxygen atoms in total. The second-order valence-electron chi connectivity index (χ2n) is 6.94. The molecule has 0 unspecified atom stereocenters. The minimum atomic E-state index is -0.683. The zero-order valence-corrected chi connectivity index (χ0v) is 16.3. The lowest BCUT2D eigenvalue weighted by molar-refractivity contribution is 0.270. The van der Waals surface area contributed by atoms with E-state index in [-0.39, 0.29) is 11.6 Å². The third-order valence-electron chi connectivity index (χ3n) is 5.13. The molecule has 1 aromatic heterocycles. The van der Waals surface area contributed by atoms with Crippen molar-refractivity contribution in [2.75, 3.05) is 42.9 Å². The quantitative estimate of drug-likeness (QED) is 0.698. The largest absolute Gasteiger partial charge is 0.354 e. The monoisotopic (exact) mass is 395 g/mol. The van der Waals surface area contributed by atoms with Crippen molar-refractivity contribution in [3.8, 4) is 11.3 Å². The Labute approximate surface area is 169 Å². The standard InChI is InChI=1S/C22H23F2N5/c1-2-28-11-13-29(14-12-28)20-15-19(16-7-4-3-5-8-16)25-22(26-20)27-21-17(23)9-6-10-18(21)24/h3-10,15H,2,11-14H2,1H3,(H,25,26,27). The molecule has 4 rings (SSSR count). The van der Waals surface area contributed by atoms with Crippen molar-refractivity contribution < 1.29 is 8.78 Å². The highest BCUT2D eigenvalue weighted by molar-refractivity contribution is 5.67. The molecule has 2 heterocycles. The summed E-state index contributed by atoms with van der Waals surface area (Å²) in [6, 6.07) is 15.4. The number of benzene rings is 2. The Kier molecular flexibility index (Phi) is 5.67. The van der Waals surface area contributed by atoms with Crippen LogP contribution in [0.2, 0.25) is 0 Å². The number of hydrogen-bond donors (Lipinski definition) is 1. The van der Waals surface area contributed by atoms with Gasteiger partial charge in [0.05, 0.1) is 5.69 Å². The summed E-state index contributed by atoms with van der Waals surface area (Å²) in [7, 11) is 0. The molecule has 7 heteroatoms. The predicted octanol–water partition coefficient (Wildman–Crippen LogP) is 4.31. The molecular formula is C22H23F2N5. The Morgan fingerprint density at radius 1 is 0.897 bits per heavy atom. The number of rotatable bonds is 5. The smallest absolute Gasteiger partial charge is 0.229 e. The van der Waals surface area contributed by atoms with Crippen LogP contribution in [0.15, 0.2) is 54.6 Å². The highest BCUT2D eigenvalue weighted by Gasteiger charge is 2.19. The lowest BCUT2D eigenvalue weighted by Crippen LogP contribution is -2.46. The van der Waals surface area contributed by atoms with Crippen LogP contribution in [0.4, 0.5) is 26.2 Å². The highest BCUT2D eigenvalue weighted by Crippen LogP contribution is 2.27. The molecule has 1 aliphatic heterocycles. The van der Waals surface area contributed by atoms with Crippen LogP contribution in [0, 0.1) is 11.6 Å². The molecular weight excluding hydrogens is 372 g/mol. The summed E-state index contributed by atoms with van der Waals surface area (Å²) in [5, 5.41) is 2.74. The van der Waals surface area contributed by atoms with Gasteiger partial charge in [-0.15, -0.1) is 0 Å². The van der Waals surface area contributed by atoms with Gasteiger partial charge in [-0.1, -0.05) is 43.3 Å². The second kappa shape index (κ2) is 8.53. The van der Waals surface area contributed by atoms with Crippen LogP contribution in [-0.4, -0.2) is 47.6 Å². The van der Waals surface area contributed by atoms with Crippen molar-refractivity contribution in [2.24, 2.45) is 0 Å². The Bertz CT molecular complexity index is 952. The first-order chi connectivity index (χ1) is 14.1. The number of anilines is 3. The molecule has 0 amide bonds. The van der Waals surface area contributed by atoms with E-state index in [1.54, 1.807) is 0 Å². The molecule has 3 aromatic rings. The van der Waals surface area contributed by atoms with E-state index in [0.717, 1.165) is 44.1 Å². The number of halogens is 2. The van der Waals surface area contributed by atoms with Crippen molar-refractivity contribution in [1.29, 1.82) is 0 Å². The number of likely N-dealkylation sites (N-methyl/N-ethyl adjacent to an activating group) is 1. The van der Waals surface area contributed by atoms with Gasteiger partial charge in [0.2, 0.25) is 5.95 Å². The number of nitrogens with zero attached hydrogens (tertiary/aromatic N) is 4. The van der Waals surface area contributed by atoms with Gasteiger partial charge in [-0.2, -0.15) is 4.98 Å². The van der Waals surface area contributed by atoms with Gasteiger partial charge in [0, 0.05) is 37.8 Å². The number of para-hydroxylation sites is 1. The summed E-state index contributed by atoms with van der Waals surface area (Å²) < 4.78 is 28.2. The van der Waals surface area contributed by atoms with Crippen molar-refractivity contribution >= 4 is 17.5 Å². The second-order valence-corrected chi connectivity index (χ2v) is 6.94. The molecule has 1 aliphatic rings. The number of nitrogens with one attached hydrogen (secondary N) is 1. The van der Waals surface area contributed by atoms with Crippen LogP contribution in [0.5, 0.6) is 0 Å². The maximum atomic E-state index is 14.1. The van der Waals surface area contributed by atoms with Gasteiger partial charge >= 0.3 is 0 Å². The summed E-state index contributed by atoms with van der Waals surface area (Å²) in [6.07, 6.45) is 0. The van der Waals surface area contributed by atoms with E-state index in [2.05, 4.69) is 32.0 Å². The van der Waals surface area contributed by atoms with Gasteiger partial charge < -0.3 is 15.1 Å². The summed E-state index contributed by atoms with van der Waals surface area (Å²) in [6.45, 7) is 6.75. The molecule has 0 aliphatic carbocycles. The third-order valence-corrected chi connectivity index (χ3v) is 5.13. The van der Waals surface area contributed by atoms with Gasteiger partial charge in [0.1, 0.15) is 23.1 Å². The fourth-order valence-electron chi connectivity index (χ4n) is 3.43. The number of aromatic nitrogens is 2. The molecule has 0 spiro atoms. The van der Waals surface area contributed by atoms with Gasteiger partial charge in [-0.05, 0) is 18.7 Å². The highest BCUT2D eigenvalue weighted by atomic mass is 19.1. The Hall–Kier alpha value is -3.06. The summed E-state index contributed by atoms with van der Waals surface area (Å²) >= 11 is 0. The SMILES string of the molecule is CCN1CCN(c2cc(-c3ccccc3)nc(Nc3c(F)cccc3F)n2)CC1. The molecule has 150 valence electrons. The van der Waals surface area contributed by atoms with Gasteiger partial charge in [-0.3, -0.25) is 0 Å². The molecule has 1 saturated heterocycles. The van der Waals surface area contributed by atoms with Crippen LogP contribution in [0.25, 0.3) is 11.3 Å². The zero-order valence-electron chi connectivity index (χ0n) is 16.3. The van der Waals surface area contributed by atoms with Gasteiger partial charge in [-0.25, -0.2) is 13.8 Å². The fraction of sp³-hybridized carbons (Fsp3) is 0.273. The molecule has 1 N–H and O–H groups in total. The van der Waals surface area contributed by atoms with Gasteiger partial charge in [0.15, 0.2) is 0 Å². The van der Waals surface area contributed by atoms with E-state index in [0.29, 0.717) is 5.69 Å². The molecule has 0 radical (unpaired) electrons. The third kappa shape index (κ3) is 4.35. The van der Waals surface area contributed by atoms with E-state index in [4.69, 9.17) is 0 Å². The average Bonchev–Trinajstić information content (AvgIpc) is 2.77. The predicted molar refractivity (Wildman–Crippen MR) is 111 cm³/mol. The summed E-state index contributed by atoms with van der Waals surface area (Å²) in [5.74, 6) is -0.453. The van der Waals surface area contributed by atoms with Gasteiger partial charge in [0.25, 0.3) is 0 Å². The van der Waals surface area contributed by atoms with E-state index < -0.39 is 11.6 Å². The lowest BCUT2D eigenvalue weighted by Gasteiger charge is -2.35. The Morgan fingerprint density at radius 3 is 2.24 bits per heavy atom. The minimum absolute atomic E-state index is 0.170. The first-order valence-corrected chi connectivity index (χ1v) is 9.77. The van der Waals surface area contributed by atoms with E-state index >= 15 is 0 Å². The van der Waals surface area contributed by atoms with E-state index in [9.17, 15) is 8.78 Å². The van der Waals surface area contributed by atoms with Crippen LogP contribution in [0.3, 0.4) is 0 Å². The Morgan fingerprint density at radius 2 is 1.59 bits per heavy atom. The maximum absolute atomic E-state index is 14.1. The van der Waals surface area contributed by atoms with Crippen LogP contribution in [-0.2, 0) is 0 Å². The van der Waals surface area contributed by atoms with Crippen molar-refractivity contribution in [2.45, 2.75) is 6.92 Å².